The van der Waals surface area contributed by atoms with Gasteiger partial charge in [0.25, 0.3) is 0 Å². The molecule has 2 N–H and O–H groups in total. The highest BCUT2D eigenvalue weighted by Crippen LogP contribution is 2.34. The number of nitrogens with zero attached hydrogens (tertiary/aromatic N) is 1. The normalized spacial score (nSPS) is 15.5. The number of rotatable bonds is 6. The molecular formula is C15H18N2O3S. The second-order valence-corrected chi connectivity index (χ2v) is 7.03. The van der Waals surface area contributed by atoms with Gasteiger partial charge in [0, 0.05) is 12.6 Å². The van der Waals surface area contributed by atoms with Gasteiger partial charge in [-0.2, -0.15) is 4.31 Å². The summed E-state index contributed by atoms with van der Waals surface area (Å²) in [5, 5.41) is 0. The summed E-state index contributed by atoms with van der Waals surface area (Å²) in [7, 11) is -3.56. The van der Waals surface area contributed by atoms with Crippen LogP contribution < -0.4 is 5.73 Å². The summed E-state index contributed by atoms with van der Waals surface area (Å²) in [6, 6.07) is 10.5. The first-order chi connectivity index (χ1) is 10.1. The first kappa shape index (κ1) is 14.3. The SMILES string of the molecule is NCc1ccccc1S(=O)(=O)N(Cc1ccco1)C1CC1. The summed E-state index contributed by atoms with van der Waals surface area (Å²) in [4.78, 5) is 0.297. The van der Waals surface area contributed by atoms with Crippen molar-refractivity contribution in [2.75, 3.05) is 0 Å². The van der Waals surface area contributed by atoms with E-state index in [2.05, 4.69) is 0 Å². The minimum Gasteiger partial charge on any atom is -0.468 e. The highest BCUT2D eigenvalue weighted by atomic mass is 32.2. The highest BCUT2D eigenvalue weighted by Gasteiger charge is 2.39. The first-order valence-electron chi connectivity index (χ1n) is 6.95. The van der Waals surface area contributed by atoms with Crippen LogP contribution in [0.25, 0.3) is 0 Å². The fourth-order valence-electron chi connectivity index (χ4n) is 2.38. The second-order valence-electron chi connectivity index (χ2n) is 5.17. The van der Waals surface area contributed by atoms with Gasteiger partial charge < -0.3 is 10.2 Å². The number of nitrogens with two attached hydrogens (primary N) is 1. The van der Waals surface area contributed by atoms with Gasteiger partial charge in [-0.15, -0.1) is 0 Å². The molecule has 0 spiro atoms. The van der Waals surface area contributed by atoms with Gasteiger partial charge >= 0.3 is 0 Å². The zero-order chi connectivity index (χ0) is 14.9. The average molecular weight is 306 g/mol. The molecular weight excluding hydrogens is 288 g/mol. The molecule has 112 valence electrons. The molecule has 1 aromatic carbocycles. The molecule has 0 radical (unpaired) electrons. The van der Waals surface area contributed by atoms with Gasteiger partial charge in [-0.05, 0) is 36.6 Å². The third-order valence-electron chi connectivity index (χ3n) is 3.63. The van der Waals surface area contributed by atoms with Gasteiger partial charge in [-0.1, -0.05) is 18.2 Å². The Hall–Kier alpha value is -1.63. The monoisotopic (exact) mass is 306 g/mol. The van der Waals surface area contributed by atoms with E-state index < -0.39 is 10.0 Å². The third kappa shape index (κ3) is 2.88. The van der Waals surface area contributed by atoms with Crippen LogP contribution in [-0.2, 0) is 23.1 Å². The Morgan fingerprint density at radius 3 is 2.57 bits per heavy atom. The van der Waals surface area contributed by atoms with Crippen LogP contribution in [-0.4, -0.2) is 18.8 Å². The molecule has 0 amide bonds. The standard InChI is InChI=1S/C15H18N2O3S/c16-10-12-4-1-2-6-15(12)21(18,19)17(13-7-8-13)11-14-5-3-9-20-14/h1-6,9,13H,7-8,10-11,16H2. The highest BCUT2D eigenvalue weighted by molar-refractivity contribution is 7.89. The van der Waals surface area contributed by atoms with E-state index in [1.807, 2.05) is 0 Å². The van der Waals surface area contributed by atoms with E-state index in [-0.39, 0.29) is 19.1 Å². The van der Waals surface area contributed by atoms with Crippen LogP contribution in [0.2, 0.25) is 0 Å². The molecule has 0 atom stereocenters. The lowest BCUT2D eigenvalue weighted by Crippen LogP contribution is -2.33. The molecule has 3 rings (SSSR count). The van der Waals surface area contributed by atoms with Crippen molar-refractivity contribution >= 4 is 10.0 Å². The van der Waals surface area contributed by atoms with Gasteiger partial charge in [0.2, 0.25) is 10.0 Å². The molecule has 0 saturated heterocycles. The number of hydrogen-bond acceptors (Lipinski definition) is 4. The van der Waals surface area contributed by atoms with Gasteiger partial charge in [0.1, 0.15) is 5.76 Å². The number of sulfonamides is 1. The predicted molar refractivity (Wildman–Crippen MR) is 78.8 cm³/mol. The Morgan fingerprint density at radius 1 is 1.19 bits per heavy atom. The van der Waals surface area contributed by atoms with Crippen molar-refractivity contribution in [3.05, 3.63) is 54.0 Å². The summed E-state index contributed by atoms with van der Waals surface area (Å²) in [5.74, 6) is 0.649. The van der Waals surface area contributed by atoms with Crippen molar-refractivity contribution in [2.45, 2.75) is 36.9 Å². The van der Waals surface area contributed by atoms with E-state index in [1.54, 1.807) is 42.7 Å². The van der Waals surface area contributed by atoms with Crippen molar-refractivity contribution in [3.63, 3.8) is 0 Å². The van der Waals surface area contributed by atoms with Gasteiger partial charge in [-0.25, -0.2) is 8.42 Å². The molecule has 1 aliphatic rings. The fraction of sp³-hybridized carbons (Fsp3) is 0.333. The van der Waals surface area contributed by atoms with E-state index in [1.165, 1.54) is 4.31 Å². The Bertz CT molecular complexity index is 706. The van der Waals surface area contributed by atoms with E-state index in [0.717, 1.165) is 12.8 Å². The molecule has 1 heterocycles. The van der Waals surface area contributed by atoms with E-state index >= 15 is 0 Å². The molecule has 1 saturated carbocycles. The molecule has 1 aromatic heterocycles. The van der Waals surface area contributed by atoms with Crippen molar-refractivity contribution in [3.8, 4) is 0 Å². The molecule has 2 aromatic rings. The van der Waals surface area contributed by atoms with Crippen molar-refractivity contribution in [2.24, 2.45) is 5.73 Å². The van der Waals surface area contributed by atoms with Crippen LogP contribution in [0.1, 0.15) is 24.2 Å². The molecule has 1 aliphatic carbocycles. The maximum Gasteiger partial charge on any atom is 0.244 e. The molecule has 0 unspecified atom stereocenters. The van der Waals surface area contributed by atoms with Crippen LogP contribution in [0, 0.1) is 0 Å². The second kappa shape index (κ2) is 5.63. The minimum absolute atomic E-state index is 0.0610. The van der Waals surface area contributed by atoms with Crippen LogP contribution in [0.4, 0.5) is 0 Å². The van der Waals surface area contributed by atoms with Gasteiger partial charge in [-0.3, -0.25) is 0 Å². The fourth-order valence-corrected chi connectivity index (χ4v) is 4.27. The average Bonchev–Trinajstić information content (AvgIpc) is 3.20. The smallest absolute Gasteiger partial charge is 0.244 e. The molecule has 21 heavy (non-hydrogen) atoms. The summed E-state index contributed by atoms with van der Waals surface area (Å²) in [6.07, 6.45) is 3.34. The van der Waals surface area contributed by atoms with Gasteiger partial charge in [0.05, 0.1) is 17.7 Å². The summed E-state index contributed by atoms with van der Waals surface area (Å²) in [6.45, 7) is 0.466. The summed E-state index contributed by atoms with van der Waals surface area (Å²) in [5.41, 5.74) is 6.32. The zero-order valence-corrected chi connectivity index (χ0v) is 12.4. The maximum atomic E-state index is 12.9. The first-order valence-corrected chi connectivity index (χ1v) is 8.39. The molecule has 1 fully saturated rings. The van der Waals surface area contributed by atoms with E-state index in [0.29, 0.717) is 16.2 Å². The molecule has 0 aliphatic heterocycles. The number of hydrogen-bond donors (Lipinski definition) is 1. The largest absolute Gasteiger partial charge is 0.468 e. The zero-order valence-electron chi connectivity index (χ0n) is 11.6. The molecule has 6 heteroatoms. The minimum atomic E-state index is -3.56. The van der Waals surface area contributed by atoms with E-state index in [9.17, 15) is 8.42 Å². The lowest BCUT2D eigenvalue weighted by molar-refractivity contribution is 0.356. The lowest BCUT2D eigenvalue weighted by atomic mass is 10.2. The Kier molecular flexibility index (Phi) is 3.84. The summed E-state index contributed by atoms with van der Waals surface area (Å²) >= 11 is 0. The van der Waals surface area contributed by atoms with Crippen molar-refractivity contribution < 1.29 is 12.8 Å². The Labute approximate surface area is 124 Å². The van der Waals surface area contributed by atoms with Crippen LogP contribution in [0.3, 0.4) is 0 Å². The number of furan rings is 1. The topological polar surface area (TPSA) is 76.5 Å². The third-order valence-corrected chi connectivity index (χ3v) is 5.62. The van der Waals surface area contributed by atoms with E-state index in [4.69, 9.17) is 10.2 Å². The Balaban J connectivity index is 1.97. The van der Waals surface area contributed by atoms with Crippen LogP contribution in [0.5, 0.6) is 0 Å². The number of benzene rings is 1. The van der Waals surface area contributed by atoms with Crippen molar-refractivity contribution in [1.82, 2.24) is 4.31 Å². The molecule has 5 nitrogen and oxygen atoms in total. The maximum absolute atomic E-state index is 12.9. The summed E-state index contributed by atoms with van der Waals surface area (Å²) < 4.78 is 32.7. The Morgan fingerprint density at radius 2 is 1.95 bits per heavy atom. The van der Waals surface area contributed by atoms with Crippen LogP contribution in [0.15, 0.2) is 52.0 Å². The predicted octanol–water partition coefficient (Wildman–Crippen LogP) is 2.09. The lowest BCUT2D eigenvalue weighted by Gasteiger charge is -2.22. The van der Waals surface area contributed by atoms with Crippen molar-refractivity contribution in [1.29, 1.82) is 0 Å². The quantitative estimate of drug-likeness (QED) is 0.886. The molecule has 0 bridgehead atoms. The van der Waals surface area contributed by atoms with Crippen LogP contribution >= 0.6 is 0 Å². The van der Waals surface area contributed by atoms with Gasteiger partial charge in [0.15, 0.2) is 0 Å².